The van der Waals surface area contributed by atoms with Crippen LogP contribution in [0.15, 0.2) is 18.2 Å². The van der Waals surface area contributed by atoms with E-state index in [0.717, 1.165) is 24.8 Å². The highest BCUT2D eigenvalue weighted by Gasteiger charge is 2.34. The van der Waals surface area contributed by atoms with Gasteiger partial charge in [-0.3, -0.25) is 0 Å². The molecule has 1 saturated carbocycles. The van der Waals surface area contributed by atoms with Crippen LogP contribution in [0.5, 0.6) is 11.5 Å². The molecule has 3 nitrogen and oxygen atoms in total. The smallest absolute Gasteiger partial charge is 0.123 e. The van der Waals surface area contributed by atoms with Crippen LogP contribution in [0.3, 0.4) is 0 Å². The maximum atomic E-state index is 9.85. The molecule has 0 aromatic heterocycles. The lowest BCUT2D eigenvalue weighted by Gasteiger charge is -2.37. The molecule has 1 aromatic rings. The Balaban J connectivity index is 2.34. The van der Waals surface area contributed by atoms with Gasteiger partial charge in [0.1, 0.15) is 11.5 Å². The molecule has 1 fully saturated rings. The molecule has 88 valence electrons. The summed E-state index contributed by atoms with van der Waals surface area (Å²) < 4.78 is 0. The van der Waals surface area contributed by atoms with Gasteiger partial charge in [-0.05, 0) is 30.7 Å². The minimum absolute atomic E-state index is 0.0706. The number of aromatic hydroxyl groups is 2. The van der Waals surface area contributed by atoms with Crippen LogP contribution in [0.1, 0.15) is 38.2 Å². The number of aliphatic hydroxyl groups is 1. The van der Waals surface area contributed by atoms with Crippen LogP contribution in [0.4, 0.5) is 0 Å². The molecule has 0 saturated heterocycles. The highest BCUT2D eigenvalue weighted by atomic mass is 16.3. The van der Waals surface area contributed by atoms with Gasteiger partial charge in [0.25, 0.3) is 0 Å². The Morgan fingerprint density at radius 1 is 1.31 bits per heavy atom. The second kappa shape index (κ2) is 3.98. The Hall–Kier alpha value is -1.22. The summed E-state index contributed by atoms with van der Waals surface area (Å²) in [6.45, 7) is 2.06. The van der Waals surface area contributed by atoms with Gasteiger partial charge >= 0.3 is 0 Å². The molecule has 0 aliphatic heterocycles. The molecule has 0 bridgehead atoms. The summed E-state index contributed by atoms with van der Waals surface area (Å²) in [6, 6.07) is 4.70. The Bertz CT molecular complexity index is 389. The number of aliphatic hydroxyl groups excluding tert-OH is 1. The van der Waals surface area contributed by atoms with E-state index in [1.165, 1.54) is 6.07 Å². The molecular weight excluding hydrogens is 204 g/mol. The van der Waals surface area contributed by atoms with E-state index in [1.54, 1.807) is 12.1 Å². The van der Waals surface area contributed by atoms with Gasteiger partial charge in [0.15, 0.2) is 0 Å². The Kier molecular flexibility index (Phi) is 2.80. The molecule has 0 spiro atoms. The maximum Gasteiger partial charge on any atom is 0.123 e. The third-order valence-corrected chi connectivity index (χ3v) is 3.58. The van der Waals surface area contributed by atoms with E-state index in [2.05, 4.69) is 6.92 Å². The predicted octanol–water partition coefficient (Wildman–Crippen LogP) is 2.29. The largest absolute Gasteiger partial charge is 0.508 e. The van der Waals surface area contributed by atoms with E-state index in [9.17, 15) is 15.3 Å². The SMILES string of the molecule is CC1(c2ccc(O)cc2O)CCCC(O)C1. The number of phenols is 2. The summed E-state index contributed by atoms with van der Waals surface area (Å²) in [5.41, 5.74) is 0.638. The minimum Gasteiger partial charge on any atom is -0.508 e. The first-order chi connectivity index (χ1) is 7.51. The molecule has 2 unspecified atom stereocenters. The number of hydrogen-bond donors (Lipinski definition) is 3. The highest BCUT2D eigenvalue weighted by Crippen LogP contribution is 2.43. The van der Waals surface area contributed by atoms with Crippen molar-refractivity contribution in [3.8, 4) is 11.5 Å². The van der Waals surface area contributed by atoms with E-state index < -0.39 is 0 Å². The fourth-order valence-corrected chi connectivity index (χ4v) is 2.73. The van der Waals surface area contributed by atoms with Gasteiger partial charge in [-0.15, -0.1) is 0 Å². The normalized spacial score (nSPS) is 30.2. The molecule has 2 rings (SSSR count). The third kappa shape index (κ3) is 2.00. The summed E-state index contributed by atoms with van der Waals surface area (Å²) >= 11 is 0. The monoisotopic (exact) mass is 222 g/mol. The summed E-state index contributed by atoms with van der Waals surface area (Å²) in [5, 5.41) is 28.8. The van der Waals surface area contributed by atoms with Gasteiger partial charge in [-0.25, -0.2) is 0 Å². The molecule has 2 atom stereocenters. The van der Waals surface area contributed by atoms with Gasteiger partial charge < -0.3 is 15.3 Å². The summed E-state index contributed by atoms with van der Waals surface area (Å²) in [4.78, 5) is 0. The first-order valence-corrected chi connectivity index (χ1v) is 5.72. The van der Waals surface area contributed by atoms with Crippen molar-refractivity contribution in [2.45, 2.75) is 44.1 Å². The van der Waals surface area contributed by atoms with Gasteiger partial charge in [-0.2, -0.15) is 0 Å². The Morgan fingerprint density at radius 3 is 2.69 bits per heavy atom. The van der Waals surface area contributed by atoms with E-state index in [0.29, 0.717) is 6.42 Å². The first kappa shape index (κ1) is 11.3. The average Bonchev–Trinajstić information content (AvgIpc) is 2.16. The van der Waals surface area contributed by atoms with Crippen molar-refractivity contribution < 1.29 is 15.3 Å². The van der Waals surface area contributed by atoms with E-state index >= 15 is 0 Å². The quantitative estimate of drug-likeness (QED) is 0.683. The third-order valence-electron chi connectivity index (χ3n) is 3.58. The first-order valence-electron chi connectivity index (χ1n) is 5.72. The fraction of sp³-hybridized carbons (Fsp3) is 0.538. The van der Waals surface area contributed by atoms with Crippen molar-refractivity contribution in [3.63, 3.8) is 0 Å². The zero-order valence-corrected chi connectivity index (χ0v) is 9.48. The zero-order valence-electron chi connectivity index (χ0n) is 9.48. The van der Waals surface area contributed by atoms with Crippen molar-refractivity contribution in [1.29, 1.82) is 0 Å². The zero-order chi connectivity index (χ0) is 11.8. The van der Waals surface area contributed by atoms with Gasteiger partial charge in [0.2, 0.25) is 0 Å². The molecule has 0 heterocycles. The van der Waals surface area contributed by atoms with Crippen molar-refractivity contribution in [2.24, 2.45) is 0 Å². The van der Waals surface area contributed by atoms with Crippen LogP contribution in [0.2, 0.25) is 0 Å². The molecule has 1 aliphatic rings. The average molecular weight is 222 g/mol. The highest BCUT2D eigenvalue weighted by molar-refractivity contribution is 5.43. The van der Waals surface area contributed by atoms with Crippen molar-refractivity contribution in [3.05, 3.63) is 23.8 Å². The predicted molar refractivity (Wildman–Crippen MR) is 61.6 cm³/mol. The van der Waals surface area contributed by atoms with Crippen LogP contribution in [0, 0.1) is 0 Å². The minimum atomic E-state index is -0.285. The number of phenolic OH excluding ortho intramolecular Hbond substituents is 2. The summed E-state index contributed by atoms with van der Waals surface area (Å²) in [7, 11) is 0. The van der Waals surface area contributed by atoms with Gasteiger partial charge in [0.05, 0.1) is 6.10 Å². The maximum absolute atomic E-state index is 9.85. The molecule has 3 heteroatoms. The van der Waals surface area contributed by atoms with Gasteiger partial charge in [-0.1, -0.05) is 19.4 Å². The fourth-order valence-electron chi connectivity index (χ4n) is 2.73. The van der Waals surface area contributed by atoms with Gasteiger partial charge in [0, 0.05) is 11.6 Å². The topological polar surface area (TPSA) is 60.7 Å². The van der Waals surface area contributed by atoms with Crippen LogP contribution in [-0.2, 0) is 5.41 Å². The van der Waals surface area contributed by atoms with Crippen molar-refractivity contribution in [2.75, 3.05) is 0 Å². The van der Waals surface area contributed by atoms with Crippen LogP contribution in [-0.4, -0.2) is 21.4 Å². The van der Waals surface area contributed by atoms with Crippen LogP contribution < -0.4 is 0 Å². The van der Waals surface area contributed by atoms with Crippen LogP contribution >= 0.6 is 0 Å². The van der Waals surface area contributed by atoms with E-state index in [1.807, 2.05) is 0 Å². The molecule has 3 N–H and O–H groups in total. The summed E-state index contributed by atoms with van der Waals surface area (Å²) in [6.07, 6.45) is 3.16. The second-order valence-electron chi connectivity index (χ2n) is 5.01. The van der Waals surface area contributed by atoms with Crippen LogP contribution in [0.25, 0.3) is 0 Å². The lowest BCUT2D eigenvalue weighted by Crippen LogP contribution is -2.32. The van der Waals surface area contributed by atoms with E-state index in [4.69, 9.17) is 0 Å². The molecule has 16 heavy (non-hydrogen) atoms. The molecule has 1 aliphatic carbocycles. The number of benzene rings is 1. The molecule has 0 amide bonds. The van der Waals surface area contributed by atoms with Crippen molar-refractivity contribution >= 4 is 0 Å². The second-order valence-corrected chi connectivity index (χ2v) is 5.01. The lowest BCUT2D eigenvalue weighted by atomic mass is 9.69. The van der Waals surface area contributed by atoms with E-state index in [-0.39, 0.29) is 23.0 Å². The van der Waals surface area contributed by atoms with Crippen molar-refractivity contribution in [1.82, 2.24) is 0 Å². The number of rotatable bonds is 1. The lowest BCUT2D eigenvalue weighted by molar-refractivity contribution is 0.0901. The standard InChI is InChI=1S/C13H18O3/c1-13(6-2-3-10(15)8-13)11-5-4-9(14)7-12(11)16/h4-5,7,10,14-16H,2-3,6,8H2,1H3. The number of hydrogen-bond acceptors (Lipinski definition) is 3. The Labute approximate surface area is 95.4 Å². The summed E-state index contributed by atoms with van der Waals surface area (Å²) in [5.74, 6) is 0.192. The molecule has 1 aromatic carbocycles. The Morgan fingerprint density at radius 2 is 2.06 bits per heavy atom. The molecule has 0 radical (unpaired) electrons. The molecular formula is C13H18O3.